The van der Waals surface area contributed by atoms with Crippen LogP contribution in [0.15, 0.2) is 23.2 Å². The number of aliphatic imine (C=N–C) groups is 1. The molecule has 14 heavy (non-hydrogen) atoms. The van der Waals surface area contributed by atoms with E-state index in [0.29, 0.717) is 12.6 Å². The van der Waals surface area contributed by atoms with Crippen LogP contribution in [0.5, 0.6) is 0 Å². The van der Waals surface area contributed by atoms with E-state index in [1.807, 2.05) is 6.07 Å². The Morgan fingerprint density at radius 2 is 2.21 bits per heavy atom. The van der Waals surface area contributed by atoms with Gasteiger partial charge in [-0.25, -0.2) is 4.99 Å². The van der Waals surface area contributed by atoms with Crippen molar-refractivity contribution < 1.29 is 4.74 Å². The number of hydrogen-bond donors (Lipinski definition) is 1. The molecule has 0 amide bonds. The van der Waals surface area contributed by atoms with Gasteiger partial charge >= 0.3 is 0 Å². The largest absolute Gasteiger partial charge is 0.455 e. The summed E-state index contributed by atoms with van der Waals surface area (Å²) in [6, 6.07) is 6.50. The molecule has 0 saturated carbocycles. The molecule has 3 heteroatoms. The highest BCUT2D eigenvalue weighted by Gasteiger charge is 2.21. The summed E-state index contributed by atoms with van der Waals surface area (Å²) in [4.78, 5) is 4.04. The molecule has 0 aliphatic carbocycles. The first-order valence-electron chi connectivity index (χ1n) is 4.71. The number of benzene rings is 1. The highest BCUT2D eigenvalue weighted by molar-refractivity contribution is 5.73. The van der Waals surface area contributed by atoms with Gasteiger partial charge < -0.3 is 10.5 Å². The molecule has 0 aromatic heterocycles. The van der Waals surface area contributed by atoms with Crippen LogP contribution in [0.3, 0.4) is 0 Å². The standard InChI is InChI=1S/C11H14N2O/c1-7-4-3-5-9(8(7)2)10-6-13-11(12)14-10/h3-5,10H,6H2,1-2H3,(H2,12,13). The van der Waals surface area contributed by atoms with E-state index in [4.69, 9.17) is 10.5 Å². The maximum Gasteiger partial charge on any atom is 0.282 e. The van der Waals surface area contributed by atoms with Crippen LogP contribution in [0, 0.1) is 13.8 Å². The summed E-state index contributed by atoms with van der Waals surface area (Å²) in [6.45, 7) is 4.83. The van der Waals surface area contributed by atoms with Crippen LogP contribution in [0.4, 0.5) is 0 Å². The predicted molar refractivity (Wildman–Crippen MR) is 56.2 cm³/mol. The van der Waals surface area contributed by atoms with E-state index in [0.717, 1.165) is 0 Å². The molecular weight excluding hydrogens is 176 g/mol. The Bertz CT molecular complexity index is 385. The Morgan fingerprint density at radius 1 is 1.43 bits per heavy atom. The monoisotopic (exact) mass is 190 g/mol. The quantitative estimate of drug-likeness (QED) is 0.732. The highest BCUT2D eigenvalue weighted by Crippen LogP contribution is 2.26. The van der Waals surface area contributed by atoms with E-state index >= 15 is 0 Å². The summed E-state index contributed by atoms with van der Waals surface area (Å²) >= 11 is 0. The molecule has 2 N–H and O–H groups in total. The fraction of sp³-hybridized carbons (Fsp3) is 0.364. The van der Waals surface area contributed by atoms with Gasteiger partial charge in [-0.15, -0.1) is 0 Å². The van der Waals surface area contributed by atoms with E-state index in [1.165, 1.54) is 16.7 Å². The summed E-state index contributed by atoms with van der Waals surface area (Å²) in [5, 5.41) is 0. The second-order valence-electron chi connectivity index (χ2n) is 3.57. The van der Waals surface area contributed by atoms with Gasteiger partial charge in [0, 0.05) is 0 Å². The second kappa shape index (κ2) is 3.33. The molecule has 1 aromatic rings. The number of aryl methyl sites for hydroxylation is 1. The third kappa shape index (κ3) is 1.45. The molecule has 1 atom stereocenters. The van der Waals surface area contributed by atoms with Gasteiger partial charge in [0.15, 0.2) is 0 Å². The second-order valence-corrected chi connectivity index (χ2v) is 3.57. The summed E-state index contributed by atoms with van der Waals surface area (Å²) in [5.74, 6) is 0. The van der Waals surface area contributed by atoms with Crippen LogP contribution in [-0.2, 0) is 4.74 Å². The molecule has 1 aliphatic rings. The normalized spacial score (nSPS) is 20.4. The average molecular weight is 190 g/mol. The Balaban J connectivity index is 2.30. The van der Waals surface area contributed by atoms with Gasteiger partial charge in [0.1, 0.15) is 6.10 Å². The van der Waals surface area contributed by atoms with Crippen molar-refractivity contribution in [3.05, 3.63) is 34.9 Å². The van der Waals surface area contributed by atoms with Gasteiger partial charge in [0.2, 0.25) is 0 Å². The third-order valence-electron chi connectivity index (χ3n) is 2.67. The van der Waals surface area contributed by atoms with Gasteiger partial charge in [-0.3, -0.25) is 0 Å². The van der Waals surface area contributed by atoms with Gasteiger partial charge in [-0.05, 0) is 30.5 Å². The molecule has 3 nitrogen and oxygen atoms in total. The number of hydrogen-bond acceptors (Lipinski definition) is 3. The first-order valence-corrected chi connectivity index (χ1v) is 4.71. The zero-order valence-corrected chi connectivity index (χ0v) is 8.45. The lowest BCUT2D eigenvalue weighted by atomic mass is 9.99. The van der Waals surface area contributed by atoms with Crippen molar-refractivity contribution in [1.82, 2.24) is 0 Å². The fourth-order valence-corrected chi connectivity index (χ4v) is 1.68. The van der Waals surface area contributed by atoms with Gasteiger partial charge in [0.25, 0.3) is 6.02 Å². The van der Waals surface area contributed by atoms with Gasteiger partial charge in [0.05, 0.1) is 6.54 Å². The molecule has 74 valence electrons. The number of ether oxygens (including phenoxy) is 1. The Hall–Kier alpha value is -1.51. The summed E-state index contributed by atoms with van der Waals surface area (Å²) in [7, 11) is 0. The summed E-state index contributed by atoms with van der Waals surface area (Å²) in [5.41, 5.74) is 9.21. The molecule has 1 aromatic carbocycles. The van der Waals surface area contributed by atoms with E-state index in [-0.39, 0.29) is 6.10 Å². The number of nitrogens with zero attached hydrogens (tertiary/aromatic N) is 1. The lowest BCUT2D eigenvalue weighted by molar-refractivity contribution is 0.225. The molecular formula is C11H14N2O. The van der Waals surface area contributed by atoms with Crippen molar-refractivity contribution in [2.45, 2.75) is 20.0 Å². The molecule has 2 rings (SSSR count). The molecule has 0 spiro atoms. The van der Waals surface area contributed by atoms with Crippen LogP contribution in [-0.4, -0.2) is 12.6 Å². The van der Waals surface area contributed by atoms with Crippen LogP contribution >= 0.6 is 0 Å². The SMILES string of the molecule is Cc1cccc(C2CN=C(N)O2)c1C. The molecule has 0 saturated heterocycles. The van der Waals surface area contributed by atoms with Crippen molar-refractivity contribution in [3.63, 3.8) is 0 Å². The molecule has 1 aliphatic heterocycles. The molecule has 0 radical (unpaired) electrons. The first kappa shape index (κ1) is 9.06. The topological polar surface area (TPSA) is 47.6 Å². The van der Waals surface area contributed by atoms with Gasteiger partial charge in [-0.1, -0.05) is 18.2 Å². The zero-order chi connectivity index (χ0) is 10.1. The molecule has 0 bridgehead atoms. The Labute approximate surface area is 83.6 Å². The van der Waals surface area contributed by atoms with E-state index in [2.05, 4.69) is 31.0 Å². The average Bonchev–Trinajstić information content (AvgIpc) is 2.57. The lowest BCUT2D eigenvalue weighted by Crippen LogP contribution is -2.13. The number of nitrogens with two attached hydrogens (primary N) is 1. The smallest absolute Gasteiger partial charge is 0.282 e. The first-order chi connectivity index (χ1) is 6.68. The van der Waals surface area contributed by atoms with E-state index in [1.54, 1.807) is 0 Å². The van der Waals surface area contributed by atoms with Crippen LogP contribution in [0.1, 0.15) is 22.8 Å². The summed E-state index contributed by atoms with van der Waals surface area (Å²) < 4.78 is 5.41. The zero-order valence-electron chi connectivity index (χ0n) is 8.45. The van der Waals surface area contributed by atoms with Crippen molar-refractivity contribution in [1.29, 1.82) is 0 Å². The minimum Gasteiger partial charge on any atom is -0.455 e. The molecule has 1 heterocycles. The maximum atomic E-state index is 5.48. The van der Waals surface area contributed by atoms with Crippen molar-refractivity contribution in [2.24, 2.45) is 10.7 Å². The molecule has 0 fully saturated rings. The predicted octanol–water partition coefficient (Wildman–Crippen LogP) is 1.69. The Morgan fingerprint density at radius 3 is 2.86 bits per heavy atom. The van der Waals surface area contributed by atoms with Crippen molar-refractivity contribution in [2.75, 3.05) is 6.54 Å². The van der Waals surface area contributed by atoms with Crippen LogP contribution in [0.2, 0.25) is 0 Å². The highest BCUT2D eigenvalue weighted by atomic mass is 16.5. The number of amidine groups is 1. The lowest BCUT2D eigenvalue weighted by Gasteiger charge is -2.14. The third-order valence-corrected chi connectivity index (χ3v) is 2.67. The maximum absolute atomic E-state index is 5.48. The Kier molecular flexibility index (Phi) is 2.15. The minimum absolute atomic E-state index is 0.00917. The van der Waals surface area contributed by atoms with Crippen LogP contribution < -0.4 is 5.73 Å². The van der Waals surface area contributed by atoms with E-state index < -0.39 is 0 Å². The van der Waals surface area contributed by atoms with Crippen LogP contribution in [0.25, 0.3) is 0 Å². The molecule has 1 unspecified atom stereocenters. The van der Waals surface area contributed by atoms with Gasteiger partial charge in [-0.2, -0.15) is 0 Å². The van der Waals surface area contributed by atoms with Crippen molar-refractivity contribution >= 4 is 6.02 Å². The fourth-order valence-electron chi connectivity index (χ4n) is 1.68. The van der Waals surface area contributed by atoms with E-state index in [9.17, 15) is 0 Å². The summed E-state index contributed by atoms with van der Waals surface area (Å²) in [6.07, 6.45) is 0.00917. The minimum atomic E-state index is 0.00917. The van der Waals surface area contributed by atoms with Crippen molar-refractivity contribution in [3.8, 4) is 0 Å². The number of rotatable bonds is 1.